The molecule has 1 saturated heterocycles. The van der Waals surface area contributed by atoms with E-state index in [4.69, 9.17) is 16.3 Å². The highest BCUT2D eigenvalue weighted by Gasteiger charge is 2.33. The zero-order chi connectivity index (χ0) is 24.0. The van der Waals surface area contributed by atoms with Gasteiger partial charge in [0.15, 0.2) is 0 Å². The van der Waals surface area contributed by atoms with Crippen molar-refractivity contribution in [1.82, 2.24) is 9.88 Å². The van der Waals surface area contributed by atoms with Crippen molar-refractivity contribution in [2.75, 3.05) is 49.5 Å². The van der Waals surface area contributed by atoms with Gasteiger partial charge in [0.05, 0.1) is 29.3 Å². The molecule has 0 unspecified atom stereocenters. The average Bonchev–Trinajstić information content (AvgIpc) is 3.00. The first kappa shape index (κ1) is 24.8. The Morgan fingerprint density at radius 2 is 1.94 bits per heavy atom. The van der Waals surface area contributed by atoms with E-state index in [1.54, 1.807) is 19.1 Å². The number of ether oxygens (including phenoxy) is 1. The number of amides is 1. The molecule has 0 bridgehead atoms. The molecule has 1 N–H and O–H groups in total. The molecule has 3 rings (SSSR count). The minimum absolute atomic E-state index is 0.0408. The predicted molar refractivity (Wildman–Crippen MR) is 119 cm³/mol. The van der Waals surface area contributed by atoms with Gasteiger partial charge in [0, 0.05) is 38.1 Å². The molecule has 33 heavy (non-hydrogen) atoms. The smallest absolute Gasteiger partial charge is 0.417 e. The van der Waals surface area contributed by atoms with Crippen LogP contribution in [0.1, 0.15) is 29.3 Å². The molecule has 1 amide bonds. The molecule has 0 atom stereocenters. The van der Waals surface area contributed by atoms with Crippen LogP contribution in [0.25, 0.3) is 0 Å². The van der Waals surface area contributed by atoms with E-state index >= 15 is 0 Å². The van der Waals surface area contributed by atoms with Gasteiger partial charge in [0.1, 0.15) is 5.82 Å². The van der Waals surface area contributed by atoms with Crippen molar-refractivity contribution < 1.29 is 27.5 Å². The molecule has 1 aliphatic heterocycles. The van der Waals surface area contributed by atoms with E-state index in [1.165, 1.54) is 12.3 Å². The number of aromatic nitrogens is 1. The summed E-state index contributed by atoms with van der Waals surface area (Å²) in [6.07, 6.45) is -2.35. The van der Waals surface area contributed by atoms with Crippen molar-refractivity contribution in [3.8, 4) is 0 Å². The number of carbonyl (C=O) groups excluding carboxylic acids is 2. The van der Waals surface area contributed by atoms with E-state index < -0.39 is 28.6 Å². The summed E-state index contributed by atoms with van der Waals surface area (Å²) in [5, 5.41) is 2.09. The summed E-state index contributed by atoms with van der Waals surface area (Å²) < 4.78 is 44.0. The van der Waals surface area contributed by atoms with Gasteiger partial charge in [-0.2, -0.15) is 13.2 Å². The lowest BCUT2D eigenvalue weighted by Crippen LogP contribution is -2.36. The monoisotopic (exact) mass is 484 g/mol. The quantitative estimate of drug-likeness (QED) is 0.623. The Morgan fingerprint density at radius 1 is 1.15 bits per heavy atom. The summed E-state index contributed by atoms with van der Waals surface area (Å²) in [6, 6.07) is 6.70. The fraction of sp³-hybridized carbons (Fsp3) is 0.409. The Morgan fingerprint density at radius 3 is 2.61 bits per heavy atom. The zero-order valence-corrected chi connectivity index (χ0v) is 18.7. The second-order valence-corrected chi connectivity index (χ2v) is 7.89. The second kappa shape index (κ2) is 10.8. The SMILES string of the molecule is CCOC(=O)c1ccc(N2CCCN(CC(=O)Nc3ccc(Cl)c(C(F)(F)F)c3)CC2)nc1. The Labute approximate surface area is 194 Å². The van der Waals surface area contributed by atoms with Crippen LogP contribution in [-0.2, 0) is 15.7 Å². The maximum atomic E-state index is 13.0. The molecule has 11 heteroatoms. The first-order chi connectivity index (χ1) is 15.7. The third-order valence-electron chi connectivity index (χ3n) is 5.09. The molecule has 178 valence electrons. The highest BCUT2D eigenvalue weighted by molar-refractivity contribution is 6.31. The molecule has 1 fully saturated rings. The van der Waals surface area contributed by atoms with Crippen LogP contribution in [0.15, 0.2) is 36.5 Å². The van der Waals surface area contributed by atoms with E-state index in [0.717, 1.165) is 30.9 Å². The van der Waals surface area contributed by atoms with Gasteiger partial charge in [-0.3, -0.25) is 9.69 Å². The number of nitrogens with one attached hydrogen (secondary N) is 1. The van der Waals surface area contributed by atoms with Crippen LogP contribution in [0.2, 0.25) is 5.02 Å². The number of carbonyl (C=O) groups is 2. The van der Waals surface area contributed by atoms with Gasteiger partial charge in [0.25, 0.3) is 0 Å². The number of nitrogens with zero attached hydrogens (tertiary/aromatic N) is 3. The van der Waals surface area contributed by atoms with E-state index in [-0.39, 0.29) is 18.8 Å². The number of alkyl halides is 3. The number of benzene rings is 1. The average molecular weight is 485 g/mol. The van der Waals surface area contributed by atoms with Crippen LogP contribution >= 0.6 is 11.6 Å². The van der Waals surface area contributed by atoms with Crippen LogP contribution in [0.4, 0.5) is 24.7 Å². The third kappa shape index (κ3) is 6.82. The Balaban J connectivity index is 1.55. The van der Waals surface area contributed by atoms with E-state index in [9.17, 15) is 22.8 Å². The minimum Gasteiger partial charge on any atom is -0.462 e. The number of esters is 1. The topological polar surface area (TPSA) is 74.8 Å². The summed E-state index contributed by atoms with van der Waals surface area (Å²) in [6.45, 7) is 4.62. The fourth-order valence-electron chi connectivity index (χ4n) is 3.49. The molecule has 0 spiro atoms. The van der Waals surface area contributed by atoms with Gasteiger partial charge in [-0.1, -0.05) is 11.6 Å². The lowest BCUT2D eigenvalue weighted by atomic mass is 10.2. The Kier molecular flexibility index (Phi) is 8.15. The Hall–Kier alpha value is -2.85. The molecule has 0 radical (unpaired) electrons. The number of pyridine rings is 1. The van der Waals surface area contributed by atoms with Gasteiger partial charge in [0.2, 0.25) is 5.91 Å². The summed E-state index contributed by atoms with van der Waals surface area (Å²) >= 11 is 5.62. The van der Waals surface area contributed by atoms with E-state index in [2.05, 4.69) is 15.2 Å². The minimum atomic E-state index is -4.60. The molecule has 2 aromatic rings. The molecule has 0 saturated carbocycles. The molecule has 1 aromatic heterocycles. The van der Waals surface area contributed by atoms with Crippen molar-refractivity contribution in [3.63, 3.8) is 0 Å². The highest BCUT2D eigenvalue weighted by Crippen LogP contribution is 2.36. The molecule has 7 nitrogen and oxygen atoms in total. The summed E-state index contributed by atoms with van der Waals surface area (Å²) in [7, 11) is 0. The van der Waals surface area contributed by atoms with Crippen LogP contribution < -0.4 is 10.2 Å². The molecule has 2 heterocycles. The zero-order valence-electron chi connectivity index (χ0n) is 18.0. The van der Waals surface area contributed by atoms with Crippen molar-refractivity contribution in [2.24, 2.45) is 0 Å². The van der Waals surface area contributed by atoms with Crippen LogP contribution in [0.5, 0.6) is 0 Å². The van der Waals surface area contributed by atoms with E-state index in [0.29, 0.717) is 25.2 Å². The summed E-state index contributed by atoms with van der Waals surface area (Å²) in [4.78, 5) is 32.5. The number of hydrogen-bond acceptors (Lipinski definition) is 6. The van der Waals surface area contributed by atoms with Gasteiger partial charge in [-0.05, 0) is 43.7 Å². The maximum absolute atomic E-state index is 13.0. The van der Waals surface area contributed by atoms with Crippen LogP contribution in [0.3, 0.4) is 0 Å². The van der Waals surface area contributed by atoms with Crippen molar-refractivity contribution >= 4 is 35.0 Å². The van der Waals surface area contributed by atoms with Crippen molar-refractivity contribution in [2.45, 2.75) is 19.5 Å². The maximum Gasteiger partial charge on any atom is 0.417 e. The second-order valence-electron chi connectivity index (χ2n) is 7.48. The molecule has 0 aliphatic carbocycles. The number of halogens is 4. The highest BCUT2D eigenvalue weighted by atomic mass is 35.5. The molecular weight excluding hydrogens is 461 g/mol. The summed E-state index contributed by atoms with van der Waals surface area (Å²) in [5.41, 5.74) is -0.572. The van der Waals surface area contributed by atoms with Crippen LogP contribution in [-0.4, -0.2) is 61.1 Å². The largest absolute Gasteiger partial charge is 0.462 e. The predicted octanol–water partition coefficient (Wildman–Crippen LogP) is 4.08. The lowest BCUT2D eigenvalue weighted by Gasteiger charge is -2.22. The van der Waals surface area contributed by atoms with Crippen LogP contribution in [0, 0.1) is 0 Å². The summed E-state index contributed by atoms with van der Waals surface area (Å²) in [5.74, 6) is -0.112. The third-order valence-corrected chi connectivity index (χ3v) is 5.42. The molecule has 1 aromatic carbocycles. The standard InChI is InChI=1S/C22H24ClF3N4O3/c1-2-33-21(32)15-4-7-19(27-13-15)30-9-3-8-29(10-11-30)14-20(31)28-16-5-6-18(23)17(12-16)22(24,25)26/h4-7,12-13H,2-3,8-11,14H2,1H3,(H,28,31). The van der Waals surface area contributed by atoms with Crippen molar-refractivity contribution in [1.29, 1.82) is 0 Å². The number of rotatable bonds is 6. The first-order valence-electron chi connectivity index (χ1n) is 10.4. The molecule has 1 aliphatic rings. The van der Waals surface area contributed by atoms with Gasteiger partial charge >= 0.3 is 12.1 Å². The van der Waals surface area contributed by atoms with Crippen molar-refractivity contribution in [3.05, 3.63) is 52.7 Å². The van der Waals surface area contributed by atoms with Gasteiger partial charge in [-0.15, -0.1) is 0 Å². The normalized spacial score (nSPS) is 15.1. The Bertz CT molecular complexity index is 986. The van der Waals surface area contributed by atoms with E-state index in [1.807, 2.05) is 4.90 Å². The van der Waals surface area contributed by atoms with Gasteiger partial charge in [-0.25, -0.2) is 9.78 Å². The van der Waals surface area contributed by atoms with Gasteiger partial charge < -0.3 is 15.0 Å². The molecular formula is C22H24ClF3N4O3. The first-order valence-corrected chi connectivity index (χ1v) is 10.8. The fourth-order valence-corrected chi connectivity index (χ4v) is 3.71. The number of anilines is 2. The lowest BCUT2D eigenvalue weighted by molar-refractivity contribution is -0.137. The number of hydrogen-bond donors (Lipinski definition) is 1.